The van der Waals surface area contributed by atoms with Gasteiger partial charge in [-0.1, -0.05) is 36.9 Å². The van der Waals surface area contributed by atoms with Crippen molar-refractivity contribution in [2.75, 3.05) is 26.3 Å². The molecule has 1 saturated heterocycles. The Hall–Kier alpha value is -1.12. The molecule has 0 bridgehead atoms. The predicted octanol–water partition coefficient (Wildman–Crippen LogP) is 2.16. The second kappa shape index (κ2) is 5.10. The molecular weight excluding hydrogens is 186 g/mol. The Kier molecular flexibility index (Phi) is 3.54. The minimum atomic E-state index is 0.857. The van der Waals surface area contributed by atoms with E-state index in [0.29, 0.717) is 0 Å². The summed E-state index contributed by atoms with van der Waals surface area (Å²) in [5.74, 6) is 0. The van der Waals surface area contributed by atoms with E-state index in [1.807, 2.05) is 6.08 Å². The molecule has 0 spiro atoms. The van der Waals surface area contributed by atoms with E-state index in [-0.39, 0.29) is 0 Å². The van der Waals surface area contributed by atoms with E-state index in [9.17, 15) is 0 Å². The van der Waals surface area contributed by atoms with Gasteiger partial charge in [0.2, 0.25) is 0 Å². The quantitative estimate of drug-likeness (QED) is 0.746. The Labute approximate surface area is 91.2 Å². The molecule has 15 heavy (non-hydrogen) atoms. The topological polar surface area (TPSA) is 12.5 Å². The Morgan fingerprint density at radius 3 is 2.73 bits per heavy atom. The molecular formula is C13H17NO. The maximum Gasteiger partial charge on any atom is 0.0594 e. The van der Waals surface area contributed by atoms with Crippen LogP contribution in [0.3, 0.4) is 0 Å². The first-order chi connectivity index (χ1) is 7.40. The predicted molar refractivity (Wildman–Crippen MR) is 62.6 cm³/mol. The van der Waals surface area contributed by atoms with Gasteiger partial charge in [-0.05, 0) is 11.1 Å². The van der Waals surface area contributed by atoms with Gasteiger partial charge in [0.25, 0.3) is 0 Å². The van der Waals surface area contributed by atoms with Gasteiger partial charge in [0.05, 0.1) is 13.2 Å². The summed E-state index contributed by atoms with van der Waals surface area (Å²) in [5.41, 5.74) is 2.60. The average Bonchev–Trinajstić information content (AvgIpc) is 2.31. The van der Waals surface area contributed by atoms with E-state index in [0.717, 1.165) is 32.8 Å². The summed E-state index contributed by atoms with van der Waals surface area (Å²) in [5, 5.41) is 0. The molecule has 1 heterocycles. The number of rotatable bonds is 3. The highest BCUT2D eigenvalue weighted by Crippen LogP contribution is 2.13. The van der Waals surface area contributed by atoms with Crippen LogP contribution in [0.4, 0.5) is 0 Å². The van der Waals surface area contributed by atoms with Crippen LogP contribution in [0.25, 0.3) is 6.08 Å². The molecule has 0 amide bonds. The van der Waals surface area contributed by atoms with Crippen molar-refractivity contribution in [2.24, 2.45) is 0 Å². The highest BCUT2D eigenvalue weighted by atomic mass is 16.5. The van der Waals surface area contributed by atoms with Crippen molar-refractivity contribution in [3.8, 4) is 0 Å². The zero-order chi connectivity index (χ0) is 10.5. The molecule has 1 aromatic rings. The molecule has 2 rings (SSSR count). The van der Waals surface area contributed by atoms with Crippen LogP contribution in [0.1, 0.15) is 11.1 Å². The molecule has 2 nitrogen and oxygen atoms in total. The Morgan fingerprint density at radius 1 is 1.27 bits per heavy atom. The molecule has 0 atom stereocenters. The van der Waals surface area contributed by atoms with Crippen LogP contribution in [-0.4, -0.2) is 31.2 Å². The highest BCUT2D eigenvalue weighted by Gasteiger charge is 2.11. The first-order valence-electron chi connectivity index (χ1n) is 5.40. The number of nitrogens with zero attached hydrogens (tertiary/aromatic N) is 1. The third-order valence-corrected chi connectivity index (χ3v) is 2.77. The van der Waals surface area contributed by atoms with E-state index in [1.165, 1.54) is 11.1 Å². The van der Waals surface area contributed by atoms with Crippen molar-refractivity contribution >= 4 is 6.08 Å². The smallest absolute Gasteiger partial charge is 0.0594 e. The minimum Gasteiger partial charge on any atom is -0.379 e. The van der Waals surface area contributed by atoms with Crippen LogP contribution in [0.15, 0.2) is 30.8 Å². The van der Waals surface area contributed by atoms with Crippen molar-refractivity contribution in [3.05, 3.63) is 42.0 Å². The molecule has 0 N–H and O–H groups in total. The number of ether oxygens (including phenoxy) is 1. The zero-order valence-electron chi connectivity index (χ0n) is 8.98. The lowest BCUT2D eigenvalue weighted by atomic mass is 10.1. The van der Waals surface area contributed by atoms with Gasteiger partial charge in [0.1, 0.15) is 0 Å². The fraction of sp³-hybridized carbons (Fsp3) is 0.385. The molecule has 0 radical (unpaired) electrons. The van der Waals surface area contributed by atoms with Gasteiger partial charge in [0.15, 0.2) is 0 Å². The Morgan fingerprint density at radius 2 is 2.00 bits per heavy atom. The van der Waals surface area contributed by atoms with Crippen molar-refractivity contribution in [3.63, 3.8) is 0 Å². The normalized spacial score (nSPS) is 17.6. The molecule has 2 heteroatoms. The van der Waals surface area contributed by atoms with Crippen LogP contribution < -0.4 is 0 Å². The van der Waals surface area contributed by atoms with Crippen LogP contribution >= 0.6 is 0 Å². The number of benzene rings is 1. The van der Waals surface area contributed by atoms with Gasteiger partial charge < -0.3 is 4.74 Å². The van der Waals surface area contributed by atoms with Gasteiger partial charge in [-0.3, -0.25) is 4.90 Å². The largest absolute Gasteiger partial charge is 0.379 e. The standard InChI is InChI=1S/C13H17NO/c1-2-12-5-3-4-6-13(12)11-14-7-9-15-10-8-14/h2-6H,1,7-11H2. The monoisotopic (exact) mass is 203 g/mol. The molecule has 0 aliphatic carbocycles. The van der Waals surface area contributed by atoms with Gasteiger partial charge in [-0.2, -0.15) is 0 Å². The van der Waals surface area contributed by atoms with Crippen molar-refractivity contribution in [2.45, 2.75) is 6.54 Å². The summed E-state index contributed by atoms with van der Waals surface area (Å²) in [6.45, 7) is 8.63. The summed E-state index contributed by atoms with van der Waals surface area (Å²) in [6, 6.07) is 8.43. The lowest BCUT2D eigenvalue weighted by Crippen LogP contribution is -2.35. The molecule has 0 unspecified atom stereocenters. The molecule has 0 saturated carbocycles. The van der Waals surface area contributed by atoms with E-state index < -0.39 is 0 Å². The fourth-order valence-electron chi connectivity index (χ4n) is 1.88. The molecule has 1 fully saturated rings. The zero-order valence-corrected chi connectivity index (χ0v) is 8.98. The minimum absolute atomic E-state index is 0.857. The van der Waals surface area contributed by atoms with Crippen molar-refractivity contribution in [1.29, 1.82) is 0 Å². The van der Waals surface area contributed by atoms with Crippen LogP contribution in [0, 0.1) is 0 Å². The van der Waals surface area contributed by atoms with Crippen LogP contribution in [0.5, 0.6) is 0 Å². The summed E-state index contributed by atoms with van der Waals surface area (Å²) in [4.78, 5) is 2.42. The highest BCUT2D eigenvalue weighted by molar-refractivity contribution is 5.51. The second-order valence-corrected chi connectivity index (χ2v) is 3.79. The summed E-state index contributed by atoms with van der Waals surface area (Å²) < 4.78 is 5.33. The van der Waals surface area contributed by atoms with E-state index in [2.05, 4.69) is 35.7 Å². The molecule has 1 aromatic carbocycles. The summed E-state index contributed by atoms with van der Waals surface area (Å²) in [7, 11) is 0. The summed E-state index contributed by atoms with van der Waals surface area (Å²) in [6.07, 6.45) is 1.93. The van der Waals surface area contributed by atoms with Crippen molar-refractivity contribution in [1.82, 2.24) is 4.90 Å². The first-order valence-corrected chi connectivity index (χ1v) is 5.40. The lowest BCUT2D eigenvalue weighted by molar-refractivity contribution is 0.0341. The first kappa shape index (κ1) is 10.4. The Balaban J connectivity index is 2.05. The van der Waals surface area contributed by atoms with Crippen molar-refractivity contribution < 1.29 is 4.74 Å². The number of morpholine rings is 1. The molecule has 1 aliphatic heterocycles. The van der Waals surface area contributed by atoms with Gasteiger partial charge in [-0.15, -0.1) is 0 Å². The van der Waals surface area contributed by atoms with Crippen LogP contribution in [-0.2, 0) is 11.3 Å². The van der Waals surface area contributed by atoms with E-state index in [4.69, 9.17) is 4.74 Å². The maximum absolute atomic E-state index is 5.33. The Bertz CT molecular complexity index is 329. The van der Waals surface area contributed by atoms with Gasteiger partial charge in [0, 0.05) is 19.6 Å². The SMILES string of the molecule is C=Cc1ccccc1CN1CCOCC1. The molecule has 0 aromatic heterocycles. The second-order valence-electron chi connectivity index (χ2n) is 3.79. The number of hydrogen-bond acceptors (Lipinski definition) is 2. The average molecular weight is 203 g/mol. The lowest BCUT2D eigenvalue weighted by Gasteiger charge is -2.27. The maximum atomic E-state index is 5.33. The summed E-state index contributed by atoms with van der Waals surface area (Å²) >= 11 is 0. The third kappa shape index (κ3) is 2.67. The fourth-order valence-corrected chi connectivity index (χ4v) is 1.88. The van der Waals surface area contributed by atoms with E-state index >= 15 is 0 Å². The molecule has 1 aliphatic rings. The molecule has 80 valence electrons. The van der Waals surface area contributed by atoms with Gasteiger partial charge in [-0.25, -0.2) is 0 Å². The van der Waals surface area contributed by atoms with Crippen LogP contribution in [0.2, 0.25) is 0 Å². The number of hydrogen-bond donors (Lipinski definition) is 0. The van der Waals surface area contributed by atoms with E-state index in [1.54, 1.807) is 0 Å². The third-order valence-electron chi connectivity index (χ3n) is 2.77. The van der Waals surface area contributed by atoms with Gasteiger partial charge >= 0.3 is 0 Å².